The second kappa shape index (κ2) is 6.39. The smallest absolute Gasteiger partial charge is 0.338 e. The number of ether oxygens (including phenoxy) is 1. The number of methoxy groups -OCH3 is 1. The van der Waals surface area contributed by atoms with Gasteiger partial charge in [-0.25, -0.2) is 13.6 Å². The number of amides is 1. The van der Waals surface area contributed by atoms with Crippen molar-refractivity contribution in [3.05, 3.63) is 64.7 Å². The Bertz CT molecular complexity index is 800. The van der Waals surface area contributed by atoms with E-state index in [1.807, 2.05) is 0 Å². The van der Waals surface area contributed by atoms with E-state index in [1.54, 1.807) is 18.2 Å². The molecule has 0 saturated carbocycles. The molecule has 4 nitrogen and oxygen atoms in total. The van der Waals surface area contributed by atoms with E-state index >= 15 is 0 Å². The fraction of sp³-hybridized carbons (Fsp3) is 0.222. The van der Waals surface area contributed by atoms with E-state index in [1.165, 1.54) is 12.0 Å². The maximum absolute atomic E-state index is 13.4. The van der Waals surface area contributed by atoms with Crippen LogP contribution in [0.15, 0.2) is 36.4 Å². The average Bonchev–Trinajstić information content (AvgIpc) is 2.58. The Morgan fingerprint density at radius 3 is 2.50 bits per heavy atom. The fourth-order valence-electron chi connectivity index (χ4n) is 2.97. The molecule has 0 fully saturated rings. The van der Waals surface area contributed by atoms with Crippen LogP contribution in [0, 0.1) is 11.6 Å². The third-order valence-corrected chi connectivity index (χ3v) is 4.01. The van der Waals surface area contributed by atoms with Crippen LogP contribution >= 0.6 is 0 Å². The van der Waals surface area contributed by atoms with Crippen molar-refractivity contribution < 1.29 is 23.1 Å². The quantitative estimate of drug-likeness (QED) is 0.793. The van der Waals surface area contributed by atoms with Gasteiger partial charge in [0.15, 0.2) is 0 Å². The van der Waals surface area contributed by atoms with Crippen LogP contribution in [0.5, 0.6) is 0 Å². The van der Waals surface area contributed by atoms with Gasteiger partial charge in [0.25, 0.3) is 5.91 Å². The third-order valence-electron chi connectivity index (χ3n) is 4.01. The molecule has 2 aromatic rings. The van der Waals surface area contributed by atoms with Gasteiger partial charge >= 0.3 is 5.97 Å². The van der Waals surface area contributed by atoms with Gasteiger partial charge in [0.2, 0.25) is 0 Å². The van der Waals surface area contributed by atoms with E-state index in [9.17, 15) is 18.4 Å². The molecule has 0 N–H and O–H groups in total. The largest absolute Gasteiger partial charge is 0.465 e. The Hall–Kier alpha value is -2.76. The maximum atomic E-state index is 13.4. The predicted molar refractivity (Wildman–Crippen MR) is 84.1 cm³/mol. The zero-order valence-electron chi connectivity index (χ0n) is 13.0. The molecular weight excluding hydrogens is 316 g/mol. The molecule has 124 valence electrons. The summed E-state index contributed by atoms with van der Waals surface area (Å²) in [6, 6.07) is 7.74. The number of fused-ring (bicyclic) bond motifs is 1. The van der Waals surface area contributed by atoms with Crippen molar-refractivity contribution in [1.29, 1.82) is 0 Å². The molecule has 0 aliphatic carbocycles. The van der Waals surface area contributed by atoms with Crippen LogP contribution in [-0.4, -0.2) is 25.5 Å². The van der Waals surface area contributed by atoms with Crippen molar-refractivity contribution in [2.24, 2.45) is 0 Å². The summed E-state index contributed by atoms with van der Waals surface area (Å²) >= 11 is 0. The van der Waals surface area contributed by atoms with E-state index in [4.69, 9.17) is 4.74 Å². The molecule has 3 rings (SSSR count). The Morgan fingerprint density at radius 2 is 1.83 bits per heavy atom. The van der Waals surface area contributed by atoms with Gasteiger partial charge < -0.3 is 9.64 Å². The Morgan fingerprint density at radius 1 is 1.12 bits per heavy atom. The number of halogens is 2. The number of carbonyl (C=O) groups excluding carboxylic acids is 2. The second-order valence-corrected chi connectivity index (χ2v) is 5.51. The number of hydrogen-bond donors (Lipinski definition) is 0. The molecule has 0 atom stereocenters. The molecule has 0 saturated heterocycles. The summed E-state index contributed by atoms with van der Waals surface area (Å²) in [5.41, 5.74) is 1.61. The normalized spacial score (nSPS) is 13.4. The highest BCUT2D eigenvalue weighted by molar-refractivity contribution is 6.07. The highest BCUT2D eigenvalue weighted by Gasteiger charge is 2.27. The SMILES string of the molecule is COC(=O)c1cccc2c1CCCN2C(=O)c1cc(F)cc(F)c1. The van der Waals surface area contributed by atoms with Gasteiger partial charge in [-0.05, 0) is 42.7 Å². The fourth-order valence-corrected chi connectivity index (χ4v) is 2.97. The first-order valence-electron chi connectivity index (χ1n) is 7.49. The summed E-state index contributed by atoms with van der Waals surface area (Å²) in [6.45, 7) is 0.411. The molecule has 1 aliphatic heterocycles. The number of esters is 1. The summed E-state index contributed by atoms with van der Waals surface area (Å²) in [4.78, 5) is 26.0. The Labute approximate surface area is 137 Å². The van der Waals surface area contributed by atoms with Crippen LogP contribution in [0.3, 0.4) is 0 Å². The molecule has 1 amide bonds. The molecule has 1 heterocycles. The minimum Gasteiger partial charge on any atom is -0.465 e. The summed E-state index contributed by atoms with van der Waals surface area (Å²) in [7, 11) is 1.29. The van der Waals surface area contributed by atoms with Gasteiger partial charge in [-0.1, -0.05) is 6.07 Å². The van der Waals surface area contributed by atoms with Crippen LogP contribution in [0.25, 0.3) is 0 Å². The van der Waals surface area contributed by atoms with Crippen molar-refractivity contribution in [1.82, 2.24) is 0 Å². The standard InChI is InChI=1S/C18H15F2NO3/c1-24-18(23)15-4-2-6-16-14(15)5-3-7-21(16)17(22)11-8-12(19)10-13(20)9-11/h2,4,6,8-10H,3,5,7H2,1H3. The lowest BCUT2D eigenvalue weighted by molar-refractivity contribution is 0.0599. The predicted octanol–water partition coefficient (Wildman–Crippen LogP) is 3.34. The van der Waals surface area contributed by atoms with E-state index in [0.29, 0.717) is 36.2 Å². The lowest BCUT2D eigenvalue weighted by Crippen LogP contribution is -2.36. The molecule has 1 aliphatic rings. The van der Waals surface area contributed by atoms with Crippen LogP contribution < -0.4 is 4.90 Å². The highest BCUT2D eigenvalue weighted by Crippen LogP contribution is 2.31. The van der Waals surface area contributed by atoms with Gasteiger partial charge in [0, 0.05) is 23.9 Å². The number of hydrogen-bond acceptors (Lipinski definition) is 3. The third kappa shape index (κ3) is 2.87. The zero-order valence-corrected chi connectivity index (χ0v) is 13.0. The Kier molecular flexibility index (Phi) is 4.29. The van der Waals surface area contributed by atoms with Gasteiger partial charge in [0.05, 0.1) is 12.7 Å². The summed E-state index contributed by atoms with van der Waals surface area (Å²) in [5, 5.41) is 0. The topological polar surface area (TPSA) is 46.6 Å². The van der Waals surface area contributed by atoms with Gasteiger partial charge in [-0.3, -0.25) is 4.79 Å². The highest BCUT2D eigenvalue weighted by atomic mass is 19.1. The van der Waals surface area contributed by atoms with Crippen molar-refractivity contribution in [3.8, 4) is 0 Å². The first kappa shape index (κ1) is 16.1. The number of carbonyl (C=O) groups is 2. The van der Waals surface area contributed by atoms with Crippen molar-refractivity contribution >= 4 is 17.6 Å². The van der Waals surface area contributed by atoms with Crippen LogP contribution in [-0.2, 0) is 11.2 Å². The van der Waals surface area contributed by atoms with Crippen molar-refractivity contribution in [2.75, 3.05) is 18.6 Å². The molecule has 6 heteroatoms. The van der Waals surface area contributed by atoms with Crippen molar-refractivity contribution in [2.45, 2.75) is 12.8 Å². The van der Waals surface area contributed by atoms with Crippen LogP contribution in [0.2, 0.25) is 0 Å². The molecule has 0 radical (unpaired) electrons. The van der Waals surface area contributed by atoms with Crippen LogP contribution in [0.1, 0.15) is 32.7 Å². The maximum Gasteiger partial charge on any atom is 0.338 e. The molecule has 24 heavy (non-hydrogen) atoms. The number of benzene rings is 2. The Balaban J connectivity index is 2.03. The lowest BCUT2D eigenvalue weighted by atomic mass is 9.95. The molecule has 0 spiro atoms. The average molecular weight is 331 g/mol. The van der Waals surface area contributed by atoms with Crippen molar-refractivity contribution in [3.63, 3.8) is 0 Å². The minimum absolute atomic E-state index is 0.0659. The minimum atomic E-state index is -0.807. The van der Waals surface area contributed by atoms with E-state index in [2.05, 4.69) is 0 Å². The number of nitrogens with zero attached hydrogens (tertiary/aromatic N) is 1. The van der Waals surface area contributed by atoms with E-state index < -0.39 is 23.5 Å². The molecule has 0 unspecified atom stereocenters. The monoisotopic (exact) mass is 331 g/mol. The molecule has 0 aromatic heterocycles. The van der Waals surface area contributed by atoms with Gasteiger partial charge in [-0.2, -0.15) is 0 Å². The first-order chi connectivity index (χ1) is 11.5. The number of anilines is 1. The van der Waals surface area contributed by atoms with Gasteiger partial charge in [0.1, 0.15) is 11.6 Å². The van der Waals surface area contributed by atoms with E-state index in [-0.39, 0.29) is 5.56 Å². The van der Waals surface area contributed by atoms with E-state index in [0.717, 1.165) is 18.2 Å². The molecule has 2 aromatic carbocycles. The lowest BCUT2D eigenvalue weighted by Gasteiger charge is -2.30. The van der Waals surface area contributed by atoms with Crippen LogP contribution in [0.4, 0.5) is 14.5 Å². The molecule has 0 bridgehead atoms. The summed E-state index contributed by atoms with van der Waals surface area (Å²) < 4.78 is 31.6. The van der Waals surface area contributed by atoms with Gasteiger partial charge in [-0.15, -0.1) is 0 Å². The number of rotatable bonds is 2. The molecular formula is C18H15F2NO3. The zero-order chi connectivity index (χ0) is 17.3. The first-order valence-corrected chi connectivity index (χ1v) is 7.49. The summed E-state index contributed by atoms with van der Waals surface area (Å²) in [6.07, 6.45) is 1.27. The second-order valence-electron chi connectivity index (χ2n) is 5.51. The summed E-state index contributed by atoms with van der Waals surface area (Å²) in [5.74, 6) is -2.59.